The van der Waals surface area contributed by atoms with E-state index in [1.54, 1.807) is 13.8 Å². The number of sulfone groups is 1. The first-order valence-electron chi connectivity index (χ1n) is 6.64. The third kappa shape index (κ3) is 3.63. The van der Waals surface area contributed by atoms with Gasteiger partial charge >= 0.3 is 6.18 Å². The van der Waals surface area contributed by atoms with E-state index in [0.29, 0.717) is 6.07 Å². The summed E-state index contributed by atoms with van der Waals surface area (Å²) in [6.07, 6.45) is -4.53. The van der Waals surface area contributed by atoms with Crippen LogP contribution >= 0.6 is 11.6 Å². The Morgan fingerprint density at radius 3 is 2.18 bits per heavy atom. The van der Waals surface area contributed by atoms with E-state index in [9.17, 15) is 26.4 Å². The Morgan fingerprint density at radius 2 is 1.82 bits per heavy atom. The maximum absolute atomic E-state index is 13.2. The van der Waals surface area contributed by atoms with Crippen molar-refractivity contribution in [2.45, 2.75) is 49.9 Å². The van der Waals surface area contributed by atoms with Crippen LogP contribution in [0.3, 0.4) is 0 Å². The van der Waals surface area contributed by atoms with Gasteiger partial charge in [0.15, 0.2) is 9.84 Å². The minimum atomic E-state index is -4.90. The van der Waals surface area contributed by atoms with Crippen LogP contribution < -0.4 is 0 Å². The lowest BCUT2D eigenvalue weighted by Crippen LogP contribution is -2.22. The fourth-order valence-corrected chi connectivity index (χ4v) is 3.83. The van der Waals surface area contributed by atoms with E-state index >= 15 is 0 Å². The Bertz CT molecular complexity index is 681. The summed E-state index contributed by atoms with van der Waals surface area (Å²) in [7, 11) is -4.15. The number of benzene rings is 1. The number of aryl methyl sites for hydroxylation is 1. The quantitative estimate of drug-likeness (QED) is 0.742. The van der Waals surface area contributed by atoms with Crippen molar-refractivity contribution in [2.75, 3.05) is 0 Å². The van der Waals surface area contributed by atoms with E-state index in [4.69, 9.17) is 11.6 Å². The van der Waals surface area contributed by atoms with Crippen LogP contribution in [0.1, 0.15) is 48.7 Å². The van der Waals surface area contributed by atoms with Gasteiger partial charge in [0.05, 0.1) is 15.7 Å². The molecule has 0 radical (unpaired) electrons. The van der Waals surface area contributed by atoms with Gasteiger partial charge in [-0.25, -0.2) is 8.42 Å². The van der Waals surface area contributed by atoms with Crippen LogP contribution in [0, 0.1) is 0 Å². The van der Waals surface area contributed by atoms with Gasteiger partial charge in [0.2, 0.25) is 0 Å². The molecule has 0 bridgehead atoms. The summed E-state index contributed by atoms with van der Waals surface area (Å²) in [6, 6.07) is 1.45. The minimum absolute atomic E-state index is 0.176. The number of halogens is 4. The molecule has 0 aliphatic rings. The molecule has 0 aromatic heterocycles. The molecule has 1 unspecified atom stereocenters. The molecule has 1 aromatic carbocycles. The molecule has 1 atom stereocenters. The fraction of sp³-hybridized carbons (Fsp3) is 0.500. The van der Waals surface area contributed by atoms with Crippen LogP contribution in [0.4, 0.5) is 13.2 Å². The zero-order chi connectivity index (χ0) is 17.3. The molecule has 0 saturated heterocycles. The first-order valence-corrected chi connectivity index (χ1v) is 8.57. The molecule has 0 fully saturated rings. The highest BCUT2D eigenvalue weighted by atomic mass is 35.5. The largest absolute Gasteiger partial charge is 0.417 e. The van der Waals surface area contributed by atoms with Crippen molar-refractivity contribution in [2.24, 2.45) is 0 Å². The second kappa shape index (κ2) is 6.58. The van der Waals surface area contributed by atoms with Crippen molar-refractivity contribution in [3.05, 3.63) is 28.8 Å². The van der Waals surface area contributed by atoms with Crippen molar-refractivity contribution in [3.63, 3.8) is 0 Å². The van der Waals surface area contributed by atoms with Gasteiger partial charge in [-0.15, -0.1) is 0 Å². The van der Waals surface area contributed by atoms with Crippen molar-refractivity contribution in [1.82, 2.24) is 0 Å². The van der Waals surface area contributed by atoms with Gasteiger partial charge in [0.1, 0.15) is 0 Å². The Labute approximate surface area is 132 Å². The van der Waals surface area contributed by atoms with E-state index in [1.165, 1.54) is 6.92 Å². The third-order valence-corrected chi connectivity index (χ3v) is 6.06. The summed E-state index contributed by atoms with van der Waals surface area (Å²) in [4.78, 5) is 10.5. The lowest BCUT2D eigenvalue weighted by molar-refractivity contribution is -0.139. The molecule has 0 aliphatic carbocycles. The molecular formula is C14H16ClF3O3S. The third-order valence-electron chi connectivity index (χ3n) is 3.51. The Kier molecular flexibility index (Phi) is 5.67. The van der Waals surface area contributed by atoms with Gasteiger partial charge in [-0.05, 0) is 49.1 Å². The molecule has 0 spiro atoms. The molecule has 0 heterocycles. The molecule has 8 heteroatoms. The topological polar surface area (TPSA) is 51.2 Å². The predicted molar refractivity (Wildman–Crippen MR) is 77.9 cm³/mol. The van der Waals surface area contributed by atoms with Crippen LogP contribution in [-0.4, -0.2) is 18.9 Å². The summed E-state index contributed by atoms with van der Waals surface area (Å²) in [5.41, 5.74) is -1.50. The zero-order valence-electron chi connectivity index (χ0n) is 12.3. The lowest BCUT2D eigenvalue weighted by atomic mass is 10.0. The molecular weight excluding hydrogens is 341 g/mol. The summed E-state index contributed by atoms with van der Waals surface area (Å²) >= 11 is 5.31. The smallest absolute Gasteiger partial charge is 0.276 e. The van der Waals surface area contributed by atoms with E-state index < -0.39 is 37.0 Å². The van der Waals surface area contributed by atoms with E-state index in [-0.39, 0.29) is 24.0 Å². The molecule has 1 aromatic rings. The number of carbonyl (C=O) groups is 1. The van der Waals surface area contributed by atoms with E-state index in [2.05, 4.69) is 0 Å². The summed E-state index contributed by atoms with van der Waals surface area (Å²) < 4.78 is 64.3. The van der Waals surface area contributed by atoms with Crippen LogP contribution in [0.15, 0.2) is 17.0 Å². The van der Waals surface area contributed by atoms with Crippen molar-refractivity contribution in [1.29, 1.82) is 0 Å². The van der Waals surface area contributed by atoms with Gasteiger partial charge in [0, 0.05) is 5.56 Å². The predicted octanol–water partition coefficient (Wildman–Crippen LogP) is 4.22. The highest BCUT2D eigenvalue weighted by Gasteiger charge is 2.39. The molecule has 22 heavy (non-hydrogen) atoms. The zero-order valence-corrected chi connectivity index (χ0v) is 13.9. The van der Waals surface area contributed by atoms with E-state index in [1.807, 2.05) is 0 Å². The summed E-state index contributed by atoms with van der Waals surface area (Å²) in [6.45, 7) is 4.53. The first-order chi connectivity index (χ1) is 9.96. The second-order valence-corrected chi connectivity index (χ2v) is 7.57. The van der Waals surface area contributed by atoms with Crippen LogP contribution in [-0.2, 0) is 22.4 Å². The van der Waals surface area contributed by atoms with Gasteiger partial charge in [-0.2, -0.15) is 13.2 Å². The minimum Gasteiger partial charge on any atom is -0.276 e. The van der Waals surface area contributed by atoms with Crippen molar-refractivity contribution < 1.29 is 26.4 Å². The molecule has 0 amide bonds. The standard InChI is InChI=1S/C14H16ClF3O3S/c1-4-8(3)22(20,21)12-6-9(5-2)10(13(15)19)7-11(12)14(16,17)18/h6-8H,4-5H2,1-3H3. The number of rotatable bonds is 5. The van der Waals surface area contributed by atoms with Crippen molar-refractivity contribution in [3.8, 4) is 0 Å². The maximum atomic E-state index is 13.2. The van der Waals surface area contributed by atoms with Gasteiger partial charge in [-0.1, -0.05) is 13.8 Å². The van der Waals surface area contributed by atoms with E-state index in [0.717, 1.165) is 6.07 Å². The highest BCUT2D eigenvalue weighted by Crippen LogP contribution is 2.38. The molecule has 1 rings (SSSR count). The number of carbonyl (C=O) groups excluding carboxylic acids is 1. The summed E-state index contributed by atoms with van der Waals surface area (Å²) in [5.74, 6) is 0. The average Bonchev–Trinajstić information content (AvgIpc) is 2.43. The van der Waals surface area contributed by atoms with Gasteiger partial charge in [0.25, 0.3) is 5.24 Å². The second-order valence-electron chi connectivity index (χ2n) is 4.89. The molecule has 3 nitrogen and oxygen atoms in total. The monoisotopic (exact) mass is 356 g/mol. The molecule has 0 N–H and O–H groups in total. The highest BCUT2D eigenvalue weighted by molar-refractivity contribution is 7.92. The van der Waals surface area contributed by atoms with Crippen molar-refractivity contribution >= 4 is 26.7 Å². The Morgan fingerprint density at radius 1 is 1.27 bits per heavy atom. The molecule has 124 valence electrons. The fourth-order valence-electron chi connectivity index (χ4n) is 1.99. The number of alkyl halides is 3. The average molecular weight is 357 g/mol. The molecule has 0 saturated carbocycles. The summed E-state index contributed by atoms with van der Waals surface area (Å²) in [5, 5.41) is -2.01. The van der Waals surface area contributed by atoms with Gasteiger partial charge < -0.3 is 0 Å². The Hall–Kier alpha value is -1.08. The normalized spacial score (nSPS) is 14.0. The number of hydrogen-bond acceptors (Lipinski definition) is 3. The van der Waals surface area contributed by atoms with Crippen LogP contribution in [0.5, 0.6) is 0 Å². The number of hydrogen-bond donors (Lipinski definition) is 0. The molecule has 0 aliphatic heterocycles. The lowest BCUT2D eigenvalue weighted by Gasteiger charge is -2.19. The first kappa shape index (κ1) is 19.0. The van der Waals surface area contributed by atoms with Crippen LogP contribution in [0.25, 0.3) is 0 Å². The van der Waals surface area contributed by atoms with Gasteiger partial charge in [-0.3, -0.25) is 4.79 Å². The maximum Gasteiger partial charge on any atom is 0.417 e. The Balaban J connectivity index is 3.81. The SMILES string of the molecule is CCc1cc(S(=O)(=O)C(C)CC)c(C(F)(F)F)cc1C(=O)Cl. The van der Waals surface area contributed by atoms with Crippen LogP contribution in [0.2, 0.25) is 0 Å².